The Kier molecular flexibility index (Phi) is 5.63. The predicted molar refractivity (Wildman–Crippen MR) is 89.9 cm³/mol. The van der Waals surface area contributed by atoms with Crippen LogP contribution in [0.25, 0.3) is 0 Å². The molecule has 1 aromatic heterocycles. The molecule has 0 bridgehead atoms. The van der Waals surface area contributed by atoms with Gasteiger partial charge in [-0.25, -0.2) is 4.79 Å². The van der Waals surface area contributed by atoms with Crippen LogP contribution < -0.4 is 16.1 Å². The van der Waals surface area contributed by atoms with E-state index in [0.29, 0.717) is 25.3 Å². The van der Waals surface area contributed by atoms with Crippen LogP contribution in [0.2, 0.25) is 0 Å². The van der Waals surface area contributed by atoms with Crippen LogP contribution in [0.3, 0.4) is 0 Å². The Morgan fingerprint density at radius 2 is 1.83 bits per heavy atom. The normalized spacial score (nSPS) is 15.6. The topological polar surface area (TPSA) is 67.6 Å². The van der Waals surface area contributed by atoms with Crippen molar-refractivity contribution in [2.75, 3.05) is 31.1 Å². The van der Waals surface area contributed by atoms with Crippen LogP contribution in [0.4, 0.5) is 5.82 Å². The molecule has 2 heterocycles. The first-order valence-corrected chi connectivity index (χ1v) is 8.25. The number of carbonyl (C=O) groups excluding carboxylic acids is 1. The molecular weight excluding hydrogens is 296 g/mol. The second-order valence-electron chi connectivity index (χ2n) is 6.07. The summed E-state index contributed by atoms with van der Waals surface area (Å²) in [7, 11) is 3.15. The van der Waals surface area contributed by atoms with Crippen LogP contribution in [-0.4, -0.2) is 46.1 Å². The average molecular weight is 322 g/mol. The molecule has 7 heteroatoms. The highest BCUT2D eigenvalue weighted by Gasteiger charge is 2.21. The molecule has 1 aromatic rings. The molecule has 0 atom stereocenters. The van der Waals surface area contributed by atoms with Crippen molar-refractivity contribution in [1.82, 2.24) is 14.0 Å². The van der Waals surface area contributed by atoms with Gasteiger partial charge in [-0.15, -0.1) is 0 Å². The van der Waals surface area contributed by atoms with Gasteiger partial charge >= 0.3 is 5.69 Å². The summed E-state index contributed by atoms with van der Waals surface area (Å²) in [5.41, 5.74) is -0.629. The van der Waals surface area contributed by atoms with Gasteiger partial charge < -0.3 is 9.80 Å². The van der Waals surface area contributed by atoms with Crippen molar-refractivity contribution >= 4 is 11.7 Å². The molecule has 0 spiro atoms. The number of hydrogen-bond donors (Lipinski definition) is 0. The van der Waals surface area contributed by atoms with Crippen LogP contribution in [0.15, 0.2) is 15.7 Å². The highest BCUT2D eigenvalue weighted by Crippen LogP contribution is 2.13. The van der Waals surface area contributed by atoms with Gasteiger partial charge in [-0.3, -0.25) is 18.7 Å². The lowest BCUT2D eigenvalue weighted by atomic mass is 10.2. The Balaban J connectivity index is 2.14. The van der Waals surface area contributed by atoms with E-state index in [-0.39, 0.29) is 17.2 Å². The van der Waals surface area contributed by atoms with Crippen molar-refractivity contribution in [3.63, 3.8) is 0 Å². The minimum absolute atomic E-state index is 0.201. The quantitative estimate of drug-likeness (QED) is 0.800. The van der Waals surface area contributed by atoms with Crippen molar-refractivity contribution in [3.8, 4) is 0 Å². The highest BCUT2D eigenvalue weighted by atomic mass is 16.2. The Hall–Kier alpha value is -2.05. The fraction of sp³-hybridized carbons (Fsp3) is 0.688. The number of unbranched alkanes of at least 4 members (excludes halogenated alkanes) is 1. The van der Waals surface area contributed by atoms with Gasteiger partial charge in [-0.1, -0.05) is 13.3 Å². The first-order chi connectivity index (χ1) is 11.0. The van der Waals surface area contributed by atoms with E-state index in [0.717, 1.165) is 36.9 Å². The Morgan fingerprint density at radius 3 is 2.52 bits per heavy atom. The van der Waals surface area contributed by atoms with Gasteiger partial charge in [0, 0.05) is 52.8 Å². The smallest absolute Gasteiger partial charge is 0.332 e. The molecule has 0 aromatic carbocycles. The molecule has 7 nitrogen and oxygen atoms in total. The first kappa shape index (κ1) is 17.3. The maximum absolute atomic E-state index is 12.2. The average Bonchev–Trinajstić information content (AvgIpc) is 2.80. The molecule has 23 heavy (non-hydrogen) atoms. The first-order valence-electron chi connectivity index (χ1n) is 8.25. The summed E-state index contributed by atoms with van der Waals surface area (Å²) in [6.45, 7) is 4.81. The van der Waals surface area contributed by atoms with E-state index in [9.17, 15) is 14.4 Å². The summed E-state index contributed by atoms with van der Waals surface area (Å²) < 4.78 is 2.60. The van der Waals surface area contributed by atoms with Crippen LogP contribution in [-0.2, 0) is 18.9 Å². The molecule has 0 radical (unpaired) electrons. The molecule has 1 aliphatic heterocycles. The standard InChI is InChI=1S/C16H26N4O3/c1-4-5-7-14(21)20-9-6-8-19(10-11-20)13-12-15(22)18(3)16(23)17(13)2/h12H,4-11H2,1-3H3. The summed E-state index contributed by atoms with van der Waals surface area (Å²) >= 11 is 0. The second-order valence-corrected chi connectivity index (χ2v) is 6.07. The number of nitrogens with zero attached hydrogens (tertiary/aromatic N) is 4. The van der Waals surface area contributed by atoms with Crippen LogP contribution in [0, 0.1) is 0 Å². The zero-order valence-corrected chi connectivity index (χ0v) is 14.2. The molecule has 0 N–H and O–H groups in total. The summed E-state index contributed by atoms with van der Waals surface area (Å²) in [4.78, 5) is 40.0. The Bertz CT molecular complexity index is 677. The maximum Gasteiger partial charge on any atom is 0.332 e. The summed E-state index contributed by atoms with van der Waals surface area (Å²) in [5.74, 6) is 0.826. The van der Waals surface area contributed by atoms with Gasteiger partial charge in [-0.05, 0) is 12.8 Å². The van der Waals surface area contributed by atoms with Crippen LogP contribution >= 0.6 is 0 Å². The van der Waals surface area contributed by atoms with E-state index < -0.39 is 0 Å². The number of aromatic nitrogens is 2. The van der Waals surface area contributed by atoms with E-state index in [1.165, 1.54) is 17.7 Å². The molecule has 1 amide bonds. The van der Waals surface area contributed by atoms with Crippen molar-refractivity contribution in [1.29, 1.82) is 0 Å². The molecule has 0 aliphatic carbocycles. The predicted octanol–water partition coefficient (Wildman–Crippen LogP) is 0.313. The van der Waals surface area contributed by atoms with Gasteiger partial charge in [-0.2, -0.15) is 0 Å². The highest BCUT2D eigenvalue weighted by molar-refractivity contribution is 5.76. The largest absolute Gasteiger partial charge is 0.356 e. The number of anilines is 1. The summed E-state index contributed by atoms with van der Waals surface area (Å²) in [5, 5.41) is 0. The van der Waals surface area contributed by atoms with E-state index >= 15 is 0 Å². The Morgan fingerprint density at radius 1 is 1.09 bits per heavy atom. The third-order valence-electron chi connectivity index (χ3n) is 4.42. The van der Waals surface area contributed by atoms with E-state index in [1.54, 1.807) is 7.05 Å². The lowest BCUT2D eigenvalue weighted by Gasteiger charge is -2.25. The molecule has 1 aliphatic rings. The summed E-state index contributed by atoms with van der Waals surface area (Å²) in [6.07, 6.45) is 3.37. The molecule has 128 valence electrons. The van der Waals surface area contributed by atoms with E-state index in [2.05, 4.69) is 6.92 Å². The van der Waals surface area contributed by atoms with Crippen molar-refractivity contribution in [2.45, 2.75) is 32.6 Å². The molecular formula is C16H26N4O3. The van der Waals surface area contributed by atoms with Gasteiger partial charge in [0.1, 0.15) is 5.82 Å². The van der Waals surface area contributed by atoms with Gasteiger partial charge in [0.25, 0.3) is 5.56 Å². The SMILES string of the molecule is CCCCC(=O)N1CCCN(c2cc(=O)n(C)c(=O)n2C)CC1. The monoisotopic (exact) mass is 322 g/mol. The lowest BCUT2D eigenvalue weighted by molar-refractivity contribution is -0.131. The number of carbonyl (C=O) groups is 1. The summed E-state index contributed by atoms with van der Waals surface area (Å²) in [6, 6.07) is 1.50. The lowest BCUT2D eigenvalue weighted by Crippen LogP contribution is -2.41. The minimum Gasteiger partial charge on any atom is -0.356 e. The fourth-order valence-electron chi connectivity index (χ4n) is 2.91. The maximum atomic E-state index is 12.2. The zero-order chi connectivity index (χ0) is 17.0. The number of hydrogen-bond acceptors (Lipinski definition) is 4. The van der Waals surface area contributed by atoms with E-state index in [1.807, 2.05) is 9.80 Å². The number of rotatable bonds is 4. The third kappa shape index (κ3) is 3.83. The van der Waals surface area contributed by atoms with Crippen molar-refractivity contribution in [2.24, 2.45) is 14.1 Å². The van der Waals surface area contributed by atoms with Gasteiger partial charge in [0.2, 0.25) is 5.91 Å². The third-order valence-corrected chi connectivity index (χ3v) is 4.42. The van der Waals surface area contributed by atoms with Crippen molar-refractivity contribution < 1.29 is 4.79 Å². The molecule has 2 rings (SSSR count). The van der Waals surface area contributed by atoms with Crippen LogP contribution in [0.5, 0.6) is 0 Å². The minimum atomic E-state index is -0.326. The van der Waals surface area contributed by atoms with E-state index in [4.69, 9.17) is 0 Å². The van der Waals surface area contributed by atoms with Crippen LogP contribution in [0.1, 0.15) is 32.6 Å². The van der Waals surface area contributed by atoms with Gasteiger partial charge in [0.15, 0.2) is 0 Å². The zero-order valence-electron chi connectivity index (χ0n) is 14.2. The molecule has 0 saturated carbocycles. The molecule has 1 fully saturated rings. The second kappa shape index (κ2) is 7.48. The fourth-order valence-corrected chi connectivity index (χ4v) is 2.91. The molecule has 0 unspecified atom stereocenters. The Labute approximate surface area is 136 Å². The van der Waals surface area contributed by atoms with Crippen molar-refractivity contribution in [3.05, 3.63) is 26.9 Å². The number of amides is 1. The molecule has 1 saturated heterocycles. The van der Waals surface area contributed by atoms with Gasteiger partial charge in [0.05, 0.1) is 0 Å².